The summed E-state index contributed by atoms with van der Waals surface area (Å²) < 4.78 is 16.8. The zero-order valence-electron chi connectivity index (χ0n) is 19.9. The molecule has 0 spiro atoms. The van der Waals surface area contributed by atoms with Crippen LogP contribution in [0.4, 0.5) is 0 Å². The van der Waals surface area contributed by atoms with Crippen molar-refractivity contribution in [3.05, 3.63) is 95.9 Å². The van der Waals surface area contributed by atoms with Crippen LogP contribution in [0.25, 0.3) is 6.08 Å². The first-order valence-electron chi connectivity index (χ1n) is 11.3. The van der Waals surface area contributed by atoms with Crippen molar-refractivity contribution in [2.75, 3.05) is 7.11 Å². The van der Waals surface area contributed by atoms with Gasteiger partial charge in [0, 0.05) is 12.0 Å². The zero-order valence-corrected chi connectivity index (χ0v) is 19.9. The first kappa shape index (κ1) is 24.2. The summed E-state index contributed by atoms with van der Waals surface area (Å²) in [5.41, 5.74) is 2.35. The number of hydrogen-bond donors (Lipinski definition) is 1. The molecule has 0 aliphatic heterocycles. The second kappa shape index (κ2) is 10.9. The minimum Gasteiger partial charge on any atom is -0.496 e. The molecule has 0 saturated carbocycles. The molecule has 3 rings (SSSR count). The minimum absolute atomic E-state index is 0.0680. The van der Waals surface area contributed by atoms with Crippen LogP contribution in [0, 0.1) is 0 Å². The van der Waals surface area contributed by atoms with E-state index in [2.05, 4.69) is 44.8 Å². The summed E-state index contributed by atoms with van der Waals surface area (Å²) in [7, 11) is 1.67. The van der Waals surface area contributed by atoms with Crippen LogP contribution in [0.3, 0.4) is 0 Å². The molecule has 1 N–H and O–H groups in total. The van der Waals surface area contributed by atoms with Gasteiger partial charge < -0.3 is 18.9 Å². The predicted octanol–water partition coefficient (Wildman–Crippen LogP) is 6.55. The molecule has 33 heavy (non-hydrogen) atoms. The SMILES string of the molecule is C=CCC(/C=C/c1ccco1)NC(=O)c1ccc(Cc2cc(C(C)(C)CC)ccc2OC)o1. The Hall–Kier alpha value is -3.47. The van der Waals surface area contributed by atoms with Crippen LogP contribution in [0.15, 0.2) is 76.3 Å². The molecule has 2 aromatic heterocycles. The second-order valence-electron chi connectivity index (χ2n) is 8.69. The van der Waals surface area contributed by atoms with E-state index in [-0.39, 0.29) is 23.1 Å². The fourth-order valence-corrected chi connectivity index (χ4v) is 3.53. The highest BCUT2D eigenvalue weighted by Crippen LogP contribution is 2.32. The van der Waals surface area contributed by atoms with Crippen LogP contribution in [0.2, 0.25) is 0 Å². The summed E-state index contributed by atoms with van der Waals surface area (Å²) in [4.78, 5) is 12.8. The summed E-state index contributed by atoms with van der Waals surface area (Å²) in [6.45, 7) is 10.4. The number of rotatable bonds is 11. The van der Waals surface area contributed by atoms with Crippen LogP contribution < -0.4 is 10.1 Å². The molecule has 1 aromatic carbocycles. The topological polar surface area (TPSA) is 64.6 Å². The van der Waals surface area contributed by atoms with Gasteiger partial charge in [0.05, 0.1) is 19.4 Å². The molecule has 1 amide bonds. The van der Waals surface area contributed by atoms with Crippen molar-refractivity contribution in [3.8, 4) is 5.75 Å². The standard InChI is InChI=1S/C28H33NO4/c1-6-9-22(12-13-23-10-8-17-32-23)29-27(30)26-16-14-24(33-26)19-20-18-21(28(3,4)7-2)11-15-25(20)31-5/h6,8,10-18,22H,1,7,9,19H2,2-5H3,(H,29,30)/b13-12+. The number of furan rings is 2. The van der Waals surface area contributed by atoms with E-state index in [9.17, 15) is 4.79 Å². The van der Waals surface area contributed by atoms with Gasteiger partial charge in [-0.15, -0.1) is 6.58 Å². The largest absolute Gasteiger partial charge is 0.496 e. The van der Waals surface area contributed by atoms with Gasteiger partial charge in [-0.2, -0.15) is 0 Å². The summed E-state index contributed by atoms with van der Waals surface area (Å²) in [5.74, 6) is 2.24. The van der Waals surface area contributed by atoms with Crippen molar-refractivity contribution < 1.29 is 18.4 Å². The fraction of sp³-hybridized carbons (Fsp3) is 0.321. The van der Waals surface area contributed by atoms with Gasteiger partial charge in [0.25, 0.3) is 5.91 Å². The number of ether oxygens (including phenoxy) is 1. The number of nitrogens with one attached hydrogen (secondary N) is 1. The Bertz CT molecular complexity index is 1090. The van der Waals surface area contributed by atoms with Gasteiger partial charge in [0.15, 0.2) is 5.76 Å². The van der Waals surface area contributed by atoms with Gasteiger partial charge in [-0.1, -0.05) is 45.1 Å². The minimum atomic E-state index is -0.273. The molecule has 0 radical (unpaired) electrons. The number of amides is 1. The molecule has 3 aromatic rings. The second-order valence-corrected chi connectivity index (χ2v) is 8.69. The summed E-state index contributed by atoms with van der Waals surface area (Å²) in [6, 6.07) is 13.3. The predicted molar refractivity (Wildman–Crippen MR) is 132 cm³/mol. The zero-order chi connectivity index (χ0) is 23.8. The van der Waals surface area contributed by atoms with Crippen LogP contribution >= 0.6 is 0 Å². The average Bonchev–Trinajstić information content (AvgIpc) is 3.50. The quantitative estimate of drug-likeness (QED) is 0.339. The number of hydrogen-bond acceptors (Lipinski definition) is 4. The average molecular weight is 448 g/mol. The Labute approximate surface area is 196 Å². The molecule has 1 atom stereocenters. The first-order chi connectivity index (χ1) is 15.9. The fourth-order valence-electron chi connectivity index (χ4n) is 3.53. The molecule has 0 bridgehead atoms. The first-order valence-corrected chi connectivity index (χ1v) is 11.3. The van der Waals surface area contributed by atoms with Gasteiger partial charge >= 0.3 is 0 Å². The van der Waals surface area contributed by atoms with Gasteiger partial charge in [-0.05, 0) is 60.2 Å². The molecule has 1 unspecified atom stereocenters. The molecule has 5 heteroatoms. The highest BCUT2D eigenvalue weighted by molar-refractivity contribution is 5.91. The van der Waals surface area contributed by atoms with Gasteiger partial charge in [-0.25, -0.2) is 0 Å². The van der Waals surface area contributed by atoms with Crippen molar-refractivity contribution in [1.82, 2.24) is 5.32 Å². The van der Waals surface area contributed by atoms with E-state index >= 15 is 0 Å². The third-order valence-corrected chi connectivity index (χ3v) is 5.97. The number of methoxy groups -OCH3 is 1. The number of carbonyl (C=O) groups excluding carboxylic acids is 1. The summed E-state index contributed by atoms with van der Waals surface area (Å²) in [5, 5.41) is 2.98. The Balaban J connectivity index is 1.73. The van der Waals surface area contributed by atoms with Gasteiger partial charge in [-0.3, -0.25) is 4.79 Å². The highest BCUT2D eigenvalue weighted by Gasteiger charge is 2.21. The van der Waals surface area contributed by atoms with Crippen molar-refractivity contribution in [2.24, 2.45) is 0 Å². The molecule has 0 saturated heterocycles. The van der Waals surface area contributed by atoms with E-state index in [1.165, 1.54) is 5.56 Å². The third kappa shape index (κ3) is 6.28. The maximum atomic E-state index is 12.8. The Morgan fingerprint density at radius 3 is 2.73 bits per heavy atom. The van der Waals surface area contributed by atoms with Crippen LogP contribution in [-0.2, 0) is 11.8 Å². The Morgan fingerprint density at radius 1 is 1.24 bits per heavy atom. The Morgan fingerprint density at radius 2 is 2.06 bits per heavy atom. The summed E-state index contributed by atoms with van der Waals surface area (Å²) in [6.07, 6.45) is 9.25. The molecular weight excluding hydrogens is 414 g/mol. The Kier molecular flexibility index (Phi) is 7.99. The van der Waals surface area contributed by atoms with Crippen molar-refractivity contribution in [1.29, 1.82) is 0 Å². The molecule has 0 fully saturated rings. The van der Waals surface area contributed by atoms with E-state index < -0.39 is 0 Å². The van der Waals surface area contributed by atoms with Crippen molar-refractivity contribution in [2.45, 2.75) is 51.5 Å². The lowest BCUT2D eigenvalue weighted by molar-refractivity contribution is 0.0915. The highest BCUT2D eigenvalue weighted by atomic mass is 16.5. The maximum Gasteiger partial charge on any atom is 0.287 e. The number of benzene rings is 1. The van der Waals surface area contributed by atoms with Crippen molar-refractivity contribution >= 4 is 12.0 Å². The van der Waals surface area contributed by atoms with E-state index in [0.717, 1.165) is 23.5 Å². The third-order valence-electron chi connectivity index (χ3n) is 5.97. The molecule has 0 aliphatic carbocycles. The lowest BCUT2D eigenvalue weighted by Crippen LogP contribution is -2.32. The van der Waals surface area contributed by atoms with E-state index in [4.69, 9.17) is 13.6 Å². The van der Waals surface area contributed by atoms with Crippen LogP contribution in [0.1, 0.15) is 66.8 Å². The number of carbonyl (C=O) groups is 1. The van der Waals surface area contributed by atoms with Crippen LogP contribution in [-0.4, -0.2) is 19.1 Å². The van der Waals surface area contributed by atoms with E-state index in [1.54, 1.807) is 25.5 Å². The lowest BCUT2D eigenvalue weighted by Gasteiger charge is -2.24. The van der Waals surface area contributed by atoms with Gasteiger partial charge in [0.2, 0.25) is 0 Å². The molecule has 2 heterocycles. The maximum absolute atomic E-state index is 12.8. The normalized spacial score (nSPS) is 12.6. The smallest absolute Gasteiger partial charge is 0.287 e. The molecular formula is C28H33NO4. The lowest BCUT2D eigenvalue weighted by atomic mass is 9.81. The van der Waals surface area contributed by atoms with E-state index in [1.807, 2.05) is 36.4 Å². The van der Waals surface area contributed by atoms with Crippen molar-refractivity contribution in [3.63, 3.8) is 0 Å². The molecule has 174 valence electrons. The van der Waals surface area contributed by atoms with Gasteiger partial charge in [0.1, 0.15) is 17.3 Å². The molecule has 5 nitrogen and oxygen atoms in total. The van der Waals surface area contributed by atoms with Crippen LogP contribution in [0.5, 0.6) is 5.75 Å². The monoisotopic (exact) mass is 447 g/mol. The van der Waals surface area contributed by atoms with E-state index in [0.29, 0.717) is 18.6 Å². The molecule has 0 aliphatic rings. The summed E-state index contributed by atoms with van der Waals surface area (Å²) >= 11 is 0.